The Labute approximate surface area is 127 Å². The summed E-state index contributed by atoms with van der Waals surface area (Å²) >= 11 is 9.51. The second kappa shape index (κ2) is 5.59. The van der Waals surface area contributed by atoms with Gasteiger partial charge in [-0.15, -0.1) is 0 Å². The van der Waals surface area contributed by atoms with E-state index in [1.54, 1.807) is 0 Å². The molecule has 4 heteroatoms. The average molecular weight is 340 g/mol. The van der Waals surface area contributed by atoms with Gasteiger partial charge in [0.2, 0.25) is 0 Å². The fourth-order valence-electron chi connectivity index (χ4n) is 1.83. The van der Waals surface area contributed by atoms with Crippen LogP contribution in [0.15, 0.2) is 34.9 Å². The molecule has 1 heterocycles. The summed E-state index contributed by atoms with van der Waals surface area (Å²) in [4.78, 5) is 0. The molecule has 2 rings (SSSR count). The zero-order chi connectivity index (χ0) is 14.0. The van der Waals surface area contributed by atoms with Gasteiger partial charge < -0.3 is 0 Å². The number of nitrogens with zero attached hydrogens (tertiary/aromatic N) is 2. The standard InChI is InChI=1S/C15H16BrClN2/c1-15(2,3)11-7-14(19-18-9-11)6-10-4-12(16)8-13(17)5-10/h4-5,7-9H,6H2,1-3H3. The number of rotatable bonds is 2. The Morgan fingerprint density at radius 2 is 1.89 bits per heavy atom. The molecule has 2 aromatic rings. The van der Waals surface area contributed by atoms with Crippen LogP contribution in [0.1, 0.15) is 37.6 Å². The third-order valence-corrected chi connectivity index (χ3v) is 3.55. The van der Waals surface area contributed by atoms with Gasteiger partial charge in [-0.05, 0) is 40.8 Å². The molecular weight excluding hydrogens is 324 g/mol. The van der Waals surface area contributed by atoms with E-state index in [0.717, 1.165) is 27.2 Å². The molecule has 0 saturated carbocycles. The topological polar surface area (TPSA) is 25.8 Å². The lowest BCUT2D eigenvalue weighted by Crippen LogP contribution is -2.13. The van der Waals surface area contributed by atoms with Gasteiger partial charge in [0.05, 0.1) is 11.9 Å². The second-order valence-corrected chi connectivity index (χ2v) is 6.99. The van der Waals surface area contributed by atoms with E-state index in [2.05, 4.69) is 59.0 Å². The molecule has 0 atom stereocenters. The molecule has 0 aliphatic carbocycles. The molecule has 0 fully saturated rings. The highest BCUT2D eigenvalue weighted by molar-refractivity contribution is 9.10. The van der Waals surface area contributed by atoms with E-state index in [1.807, 2.05) is 18.3 Å². The molecule has 0 radical (unpaired) electrons. The highest BCUT2D eigenvalue weighted by Gasteiger charge is 2.15. The van der Waals surface area contributed by atoms with Gasteiger partial charge in [-0.1, -0.05) is 48.3 Å². The maximum Gasteiger partial charge on any atom is 0.0677 e. The molecule has 100 valence electrons. The van der Waals surface area contributed by atoms with E-state index in [4.69, 9.17) is 11.6 Å². The fraction of sp³-hybridized carbons (Fsp3) is 0.333. The minimum absolute atomic E-state index is 0.0829. The van der Waals surface area contributed by atoms with Crippen molar-refractivity contribution >= 4 is 27.5 Å². The van der Waals surface area contributed by atoms with Crippen LogP contribution in [0.3, 0.4) is 0 Å². The molecule has 19 heavy (non-hydrogen) atoms. The molecule has 1 aromatic heterocycles. The minimum atomic E-state index is 0.0829. The average Bonchev–Trinajstić information content (AvgIpc) is 2.26. The molecule has 0 bridgehead atoms. The van der Waals surface area contributed by atoms with Crippen molar-refractivity contribution in [1.82, 2.24) is 10.2 Å². The van der Waals surface area contributed by atoms with E-state index < -0.39 is 0 Å². The largest absolute Gasteiger partial charge is 0.159 e. The van der Waals surface area contributed by atoms with Gasteiger partial charge in [0.25, 0.3) is 0 Å². The molecule has 0 aliphatic heterocycles. The van der Waals surface area contributed by atoms with Crippen LogP contribution < -0.4 is 0 Å². The van der Waals surface area contributed by atoms with Crippen LogP contribution in [0.5, 0.6) is 0 Å². The number of aromatic nitrogens is 2. The monoisotopic (exact) mass is 338 g/mol. The van der Waals surface area contributed by atoms with Gasteiger partial charge in [-0.3, -0.25) is 0 Å². The van der Waals surface area contributed by atoms with Crippen LogP contribution in [-0.2, 0) is 11.8 Å². The number of hydrogen-bond acceptors (Lipinski definition) is 2. The van der Waals surface area contributed by atoms with Gasteiger partial charge in [0.1, 0.15) is 0 Å². The van der Waals surface area contributed by atoms with Crippen molar-refractivity contribution in [1.29, 1.82) is 0 Å². The molecule has 0 N–H and O–H groups in total. The van der Waals surface area contributed by atoms with Crippen molar-refractivity contribution in [2.75, 3.05) is 0 Å². The highest BCUT2D eigenvalue weighted by atomic mass is 79.9. The van der Waals surface area contributed by atoms with Crippen LogP contribution >= 0.6 is 27.5 Å². The summed E-state index contributed by atoms with van der Waals surface area (Å²) in [7, 11) is 0. The smallest absolute Gasteiger partial charge is 0.0677 e. The first kappa shape index (κ1) is 14.5. The van der Waals surface area contributed by atoms with Gasteiger partial charge in [-0.25, -0.2) is 0 Å². The number of halogens is 2. The number of benzene rings is 1. The lowest BCUT2D eigenvalue weighted by Gasteiger charge is -2.18. The summed E-state index contributed by atoms with van der Waals surface area (Å²) in [5.41, 5.74) is 3.36. The van der Waals surface area contributed by atoms with E-state index in [9.17, 15) is 0 Å². The summed E-state index contributed by atoms with van der Waals surface area (Å²) in [6.45, 7) is 6.51. The first-order valence-corrected chi connectivity index (χ1v) is 7.29. The van der Waals surface area contributed by atoms with Crippen molar-refractivity contribution in [2.45, 2.75) is 32.6 Å². The van der Waals surface area contributed by atoms with Gasteiger partial charge >= 0.3 is 0 Å². The van der Waals surface area contributed by atoms with Crippen molar-refractivity contribution < 1.29 is 0 Å². The molecular formula is C15H16BrClN2. The van der Waals surface area contributed by atoms with Gasteiger partial charge in [-0.2, -0.15) is 10.2 Å². The first-order valence-electron chi connectivity index (χ1n) is 6.11. The Kier molecular flexibility index (Phi) is 4.26. The van der Waals surface area contributed by atoms with Crippen molar-refractivity contribution in [3.63, 3.8) is 0 Å². The van der Waals surface area contributed by atoms with E-state index in [1.165, 1.54) is 5.56 Å². The second-order valence-electron chi connectivity index (χ2n) is 5.64. The molecule has 0 spiro atoms. The third kappa shape index (κ3) is 4.02. The first-order chi connectivity index (χ1) is 8.84. The third-order valence-electron chi connectivity index (χ3n) is 2.88. The van der Waals surface area contributed by atoms with E-state index >= 15 is 0 Å². The normalized spacial score (nSPS) is 11.6. The van der Waals surface area contributed by atoms with Crippen molar-refractivity contribution in [2.24, 2.45) is 0 Å². The summed E-state index contributed by atoms with van der Waals surface area (Å²) in [6.07, 6.45) is 2.56. The van der Waals surface area contributed by atoms with Crippen LogP contribution in [-0.4, -0.2) is 10.2 Å². The fourth-order valence-corrected chi connectivity index (χ4v) is 2.76. The summed E-state index contributed by atoms with van der Waals surface area (Å²) in [5, 5.41) is 9.02. The summed E-state index contributed by atoms with van der Waals surface area (Å²) < 4.78 is 0.981. The maximum atomic E-state index is 6.05. The molecule has 0 unspecified atom stereocenters. The highest BCUT2D eigenvalue weighted by Crippen LogP contribution is 2.24. The molecule has 2 nitrogen and oxygen atoms in total. The van der Waals surface area contributed by atoms with Crippen LogP contribution in [0, 0.1) is 0 Å². The lowest BCUT2D eigenvalue weighted by molar-refractivity contribution is 0.582. The summed E-state index contributed by atoms with van der Waals surface area (Å²) in [5.74, 6) is 0. The van der Waals surface area contributed by atoms with Crippen molar-refractivity contribution in [3.05, 3.63) is 56.8 Å². The zero-order valence-corrected chi connectivity index (χ0v) is 13.6. The predicted octanol–water partition coefficient (Wildman–Crippen LogP) is 4.78. The number of hydrogen-bond donors (Lipinski definition) is 0. The van der Waals surface area contributed by atoms with Gasteiger partial charge in [0.15, 0.2) is 0 Å². The Morgan fingerprint density at radius 1 is 1.16 bits per heavy atom. The predicted molar refractivity (Wildman–Crippen MR) is 82.7 cm³/mol. The van der Waals surface area contributed by atoms with Crippen LogP contribution in [0.2, 0.25) is 5.02 Å². The van der Waals surface area contributed by atoms with Crippen LogP contribution in [0.4, 0.5) is 0 Å². The van der Waals surface area contributed by atoms with Crippen molar-refractivity contribution in [3.8, 4) is 0 Å². The molecule has 1 aromatic carbocycles. The van der Waals surface area contributed by atoms with E-state index in [-0.39, 0.29) is 5.41 Å². The SMILES string of the molecule is CC(C)(C)c1cnnc(Cc2cc(Cl)cc(Br)c2)c1. The maximum absolute atomic E-state index is 6.05. The molecule has 0 aliphatic rings. The Morgan fingerprint density at radius 3 is 2.53 bits per heavy atom. The lowest BCUT2D eigenvalue weighted by atomic mass is 9.88. The van der Waals surface area contributed by atoms with Crippen LogP contribution in [0.25, 0.3) is 0 Å². The van der Waals surface area contributed by atoms with E-state index in [0.29, 0.717) is 0 Å². The minimum Gasteiger partial charge on any atom is -0.159 e. The Hall–Kier alpha value is -0.930. The van der Waals surface area contributed by atoms with Gasteiger partial charge in [0, 0.05) is 15.9 Å². The Bertz CT molecular complexity index is 571. The quantitative estimate of drug-likeness (QED) is 0.787. The zero-order valence-electron chi connectivity index (χ0n) is 11.2. The summed E-state index contributed by atoms with van der Waals surface area (Å²) in [6, 6.07) is 8.00. The molecule has 0 amide bonds. The Balaban J connectivity index is 2.28. The molecule has 0 saturated heterocycles.